The lowest BCUT2D eigenvalue weighted by Crippen LogP contribution is -2.23. The lowest BCUT2D eigenvalue weighted by molar-refractivity contribution is 0.407. The van der Waals surface area contributed by atoms with Crippen LogP contribution >= 0.6 is 39.9 Å². The molecule has 0 spiro atoms. The predicted octanol–water partition coefficient (Wildman–Crippen LogP) is 4.05. The number of nitrogens with one attached hydrogen (secondary N) is 1. The van der Waals surface area contributed by atoms with E-state index in [0.717, 1.165) is 33.6 Å². The number of guanidine groups is 1. The molecule has 0 aliphatic rings. The molecule has 7 heteroatoms. The molecule has 2 aromatic rings. The first kappa shape index (κ1) is 20.6. The number of ether oxygens (including phenoxy) is 2. The Morgan fingerprint density at radius 1 is 1.12 bits per heavy atom. The number of nitrogens with two attached hydrogens (primary N) is 1. The highest BCUT2D eigenvalue weighted by atomic mass is 127. The van der Waals surface area contributed by atoms with E-state index >= 15 is 0 Å². The van der Waals surface area contributed by atoms with Gasteiger partial charge in [0.1, 0.15) is 11.5 Å². The van der Waals surface area contributed by atoms with Crippen molar-refractivity contribution >= 4 is 51.6 Å². The van der Waals surface area contributed by atoms with Gasteiger partial charge in [-0.2, -0.15) is 0 Å². The summed E-state index contributed by atoms with van der Waals surface area (Å²) in [7, 11) is 3.29. The molecule has 0 heterocycles. The van der Waals surface area contributed by atoms with E-state index in [0.29, 0.717) is 12.5 Å². The van der Waals surface area contributed by atoms with Crippen molar-refractivity contribution in [2.24, 2.45) is 10.7 Å². The minimum atomic E-state index is 0. The molecule has 0 atom stereocenters. The number of anilines is 1. The number of halogens is 2. The molecule has 130 valence electrons. The average molecular weight is 506 g/mol. The summed E-state index contributed by atoms with van der Waals surface area (Å²) in [5, 5.41) is 3.05. The zero-order valence-electron chi connectivity index (χ0n) is 13.6. The Morgan fingerprint density at radius 2 is 1.83 bits per heavy atom. The summed E-state index contributed by atoms with van der Waals surface area (Å²) in [5.74, 6) is 2.02. The smallest absolute Gasteiger partial charge is 0.193 e. The van der Waals surface area contributed by atoms with E-state index < -0.39 is 0 Å². The van der Waals surface area contributed by atoms with Crippen LogP contribution in [-0.4, -0.2) is 26.7 Å². The zero-order chi connectivity index (χ0) is 16.7. The second-order valence-electron chi connectivity index (χ2n) is 4.80. The van der Waals surface area contributed by atoms with Gasteiger partial charge in [0.05, 0.1) is 18.7 Å². The summed E-state index contributed by atoms with van der Waals surface area (Å²) in [6.07, 6.45) is 0.744. The fraction of sp³-hybridized carbons (Fsp3) is 0.235. The van der Waals surface area contributed by atoms with Gasteiger partial charge >= 0.3 is 0 Å². The number of benzene rings is 2. The molecule has 2 rings (SSSR count). The second kappa shape index (κ2) is 10.4. The number of hydrogen-bond acceptors (Lipinski definition) is 3. The van der Waals surface area contributed by atoms with Gasteiger partial charge in [-0.1, -0.05) is 12.1 Å². The van der Waals surface area contributed by atoms with E-state index in [9.17, 15) is 0 Å². The summed E-state index contributed by atoms with van der Waals surface area (Å²) in [5.41, 5.74) is 7.86. The predicted molar refractivity (Wildman–Crippen MR) is 113 cm³/mol. The van der Waals surface area contributed by atoms with E-state index in [-0.39, 0.29) is 24.0 Å². The van der Waals surface area contributed by atoms with E-state index in [1.165, 1.54) is 0 Å². The molecule has 0 saturated carbocycles. The largest absolute Gasteiger partial charge is 0.497 e. The van der Waals surface area contributed by atoms with Crippen molar-refractivity contribution in [2.75, 3.05) is 26.1 Å². The van der Waals surface area contributed by atoms with Crippen LogP contribution in [0, 0.1) is 0 Å². The number of aliphatic imine (C=N–C) groups is 1. The highest BCUT2D eigenvalue weighted by Crippen LogP contribution is 2.28. The molecule has 5 nitrogen and oxygen atoms in total. The Bertz CT molecular complexity index is 678. The van der Waals surface area contributed by atoms with E-state index in [4.69, 9.17) is 15.2 Å². The monoisotopic (exact) mass is 505 g/mol. The maximum Gasteiger partial charge on any atom is 0.193 e. The number of para-hydroxylation sites is 1. The topological polar surface area (TPSA) is 68.9 Å². The van der Waals surface area contributed by atoms with Crippen LogP contribution < -0.4 is 20.5 Å². The van der Waals surface area contributed by atoms with Crippen LogP contribution in [0.3, 0.4) is 0 Å². The van der Waals surface area contributed by atoms with Gasteiger partial charge in [-0.25, -0.2) is 0 Å². The molecule has 0 aromatic heterocycles. The molecular formula is C17H21BrIN3O2. The maximum atomic E-state index is 5.91. The summed E-state index contributed by atoms with van der Waals surface area (Å²) in [6.45, 7) is 0.571. The Labute approximate surface area is 167 Å². The summed E-state index contributed by atoms with van der Waals surface area (Å²) >= 11 is 3.48. The van der Waals surface area contributed by atoms with Crippen molar-refractivity contribution in [3.63, 3.8) is 0 Å². The zero-order valence-corrected chi connectivity index (χ0v) is 17.5. The minimum absolute atomic E-state index is 0. The van der Waals surface area contributed by atoms with Crippen molar-refractivity contribution in [1.29, 1.82) is 0 Å². The average Bonchev–Trinajstić information content (AvgIpc) is 2.56. The van der Waals surface area contributed by atoms with Crippen LogP contribution in [0.4, 0.5) is 5.69 Å². The number of rotatable bonds is 6. The van der Waals surface area contributed by atoms with Gasteiger partial charge in [0.15, 0.2) is 5.96 Å². The van der Waals surface area contributed by atoms with Crippen LogP contribution in [0.1, 0.15) is 5.56 Å². The second-order valence-corrected chi connectivity index (χ2v) is 5.66. The molecule has 0 aliphatic heterocycles. The molecule has 0 amide bonds. The minimum Gasteiger partial charge on any atom is -0.497 e. The van der Waals surface area contributed by atoms with Crippen LogP contribution in [0.15, 0.2) is 51.9 Å². The first-order chi connectivity index (χ1) is 11.1. The van der Waals surface area contributed by atoms with Gasteiger partial charge < -0.3 is 20.5 Å². The quantitative estimate of drug-likeness (QED) is 0.353. The van der Waals surface area contributed by atoms with E-state index in [2.05, 4.69) is 26.2 Å². The van der Waals surface area contributed by atoms with Gasteiger partial charge in [-0.05, 0) is 58.2 Å². The number of hydrogen-bond donors (Lipinski definition) is 2. The van der Waals surface area contributed by atoms with Crippen molar-refractivity contribution in [2.45, 2.75) is 6.42 Å². The van der Waals surface area contributed by atoms with Gasteiger partial charge in [0.25, 0.3) is 0 Å². The lowest BCUT2D eigenvalue weighted by atomic mass is 10.1. The van der Waals surface area contributed by atoms with Crippen LogP contribution in [0.5, 0.6) is 11.5 Å². The van der Waals surface area contributed by atoms with E-state index in [1.807, 2.05) is 42.5 Å². The summed E-state index contributed by atoms with van der Waals surface area (Å²) in [6, 6.07) is 13.4. The third kappa shape index (κ3) is 5.86. The molecule has 0 bridgehead atoms. The molecule has 0 radical (unpaired) electrons. The summed E-state index contributed by atoms with van der Waals surface area (Å²) < 4.78 is 11.4. The third-order valence-corrected chi connectivity index (χ3v) is 3.90. The van der Waals surface area contributed by atoms with Gasteiger partial charge in [0, 0.05) is 12.2 Å². The molecule has 0 fully saturated rings. The SMILES string of the molecule is COc1ccc(NC(N)=NCCc2cccc(Br)c2OC)cc1.I. The van der Waals surface area contributed by atoms with Crippen molar-refractivity contribution < 1.29 is 9.47 Å². The molecule has 2 aromatic carbocycles. The Kier molecular flexibility index (Phi) is 8.91. The lowest BCUT2D eigenvalue weighted by Gasteiger charge is -2.10. The van der Waals surface area contributed by atoms with Gasteiger partial charge in [0.2, 0.25) is 0 Å². The normalized spacial score (nSPS) is 10.7. The molecule has 3 N–H and O–H groups in total. The maximum absolute atomic E-state index is 5.91. The number of methoxy groups -OCH3 is 2. The Balaban J connectivity index is 0.00000288. The van der Waals surface area contributed by atoms with Gasteiger partial charge in [-0.3, -0.25) is 4.99 Å². The van der Waals surface area contributed by atoms with Crippen molar-refractivity contribution in [1.82, 2.24) is 0 Å². The fourth-order valence-corrected chi connectivity index (χ4v) is 2.71. The first-order valence-electron chi connectivity index (χ1n) is 7.16. The standard InChI is InChI=1S/C17H20BrN3O2.HI/c1-22-14-8-6-13(7-9-14)21-17(19)20-11-10-12-4-3-5-15(18)16(12)23-2;/h3-9H,10-11H2,1-2H3,(H3,19,20,21);1H. The van der Waals surface area contributed by atoms with Crippen LogP contribution in [-0.2, 0) is 6.42 Å². The van der Waals surface area contributed by atoms with Crippen LogP contribution in [0.2, 0.25) is 0 Å². The van der Waals surface area contributed by atoms with Crippen LogP contribution in [0.25, 0.3) is 0 Å². The van der Waals surface area contributed by atoms with E-state index in [1.54, 1.807) is 14.2 Å². The molecule has 24 heavy (non-hydrogen) atoms. The molecule has 0 saturated heterocycles. The molecule has 0 unspecified atom stereocenters. The van der Waals surface area contributed by atoms with Crippen molar-refractivity contribution in [3.05, 3.63) is 52.5 Å². The Morgan fingerprint density at radius 3 is 2.46 bits per heavy atom. The number of nitrogens with zero attached hydrogens (tertiary/aromatic N) is 1. The summed E-state index contributed by atoms with van der Waals surface area (Å²) in [4.78, 5) is 4.34. The molecule has 0 aliphatic carbocycles. The van der Waals surface area contributed by atoms with Crippen molar-refractivity contribution in [3.8, 4) is 11.5 Å². The molecular weight excluding hydrogens is 485 g/mol. The first-order valence-corrected chi connectivity index (χ1v) is 7.95. The highest BCUT2D eigenvalue weighted by molar-refractivity contribution is 14.0. The fourth-order valence-electron chi connectivity index (χ4n) is 2.14. The van der Waals surface area contributed by atoms with Gasteiger partial charge in [-0.15, -0.1) is 24.0 Å². The highest BCUT2D eigenvalue weighted by Gasteiger charge is 2.06. The Hall–Kier alpha value is -1.48. The third-order valence-electron chi connectivity index (χ3n) is 3.28.